The third kappa shape index (κ3) is 2.75. The van der Waals surface area contributed by atoms with Gasteiger partial charge in [0, 0.05) is 10.9 Å². The highest BCUT2D eigenvalue weighted by Crippen LogP contribution is 2.59. The predicted octanol–water partition coefficient (Wildman–Crippen LogP) is 3.26. The van der Waals surface area contributed by atoms with Gasteiger partial charge in [-0.15, -0.1) is 12.4 Å². The summed E-state index contributed by atoms with van der Waals surface area (Å²) in [6, 6.07) is 7.91. The van der Waals surface area contributed by atoms with E-state index in [0.29, 0.717) is 5.41 Å². The van der Waals surface area contributed by atoms with Crippen LogP contribution in [0, 0.1) is 11.3 Å². The topological polar surface area (TPSA) is 41.1 Å². The lowest BCUT2D eigenvalue weighted by Gasteiger charge is -2.24. The normalized spacial score (nSPS) is 26.9. The fraction of sp³-hybridized carbons (Fsp3) is 0.588. The van der Waals surface area contributed by atoms with E-state index in [1.807, 2.05) is 24.3 Å². The minimum atomic E-state index is -0.113. The lowest BCUT2D eigenvalue weighted by Crippen LogP contribution is -2.38. The van der Waals surface area contributed by atoms with Gasteiger partial charge in [0.15, 0.2) is 0 Å². The van der Waals surface area contributed by atoms with Gasteiger partial charge in [-0.1, -0.05) is 23.7 Å². The number of amides is 1. The van der Waals surface area contributed by atoms with E-state index in [4.69, 9.17) is 11.6 Å². The molecule has 2 aliphatic carbocycles. The predicted molar refractivity (Wildman–Crippen MR) is 90.4 cm³/mol. The molecule has 1 unspecified atom stereocenters. The first-order valence-corrected chi connectivity index (χ1v) is 8.30. The molecule has 1 atom stereocenters. The molecule has 3 fully saturated rings. The summed E-state index contributed by atoms with van der Waals surface area (Å²) in [6.07, 6.45) is 5.47. The Balaban J connectivity index is 0.00000144. The zero-order valence-electron chi connectivity index (χ0n) is 12.5. The molecule has 1 saturated heterocycles. The maximum atomic E-state index is 12.6. The van der Waals surface area contributed by atoms with Gasteiger partial charge in [-0.25, -0.2) is 0 Å². The second-order valence-corrected chi connectivity index (χ2v) is 7.38. The highest BCUT2D eigenvalue weighted by molar-refractivity contribution is 6.30. The highest BCUT2D eigenvalue weighted by Gasteiger charge is 2.59. The molecule has 1 spiro atoms. The van der Waals surface area contributed by atoms with Crippen molar-refractivity contribution in [3.05, 3.63) is 34.9 Å². The molecule has 1 heterocycles. The fourth-order valence-corrected chi connectivity index (χ4v) is 4.02. The van der Waals surface area contributed by atoms with Crippen molar-refractivity contribution in [1.82, 2.24) is 10.6 Å². The molecule has 1 aliphatic heterocycles. The van der Waals surface area contributed by atoms with Crippen molar-refractivity contribution in [2.24, 2.45) is 11.3 Å². The molecule has 1 aromatic rings. The van der Waals surface area contributed by atoms with Crippen molar-refractivity contribution in [3.8, 4) is 0 Å². The van der Waals surface area contributed by atoms with Gasteiger partial charge < -0.3 is 10.6 Å². The average Bonchev–Trinajstić information content (AvgIpc) is 3.39. The van der Waals surface area contributed by atoms with Crippen molar-refractivity contribution in [2.75, 3.05) is 13.1 Å². The monoisotopic (exact) mass is 340 g/mol. The van der Waals surface area contributed by atoms with Crippen LogP contribution in [0.4, 0.5) is 0 Å². The number of carbonyl (C=O) groups is 1. The van der Waals surface area contributed by atoms with E-state index in [1.165, 1.54) is 5.56 Å². The van der Waals surface area contributed by atoms with Gasteiger partial charge in [0.05, 0.1) is 5.54 Å². The number of hydrogen-bond donors (Lipinski definition) is 2. The summed E-state index contributed by atoms with van der Waals surface area (Å²) in [5, 5.41) is 7.47. The smallest absolute Gasteiger partial charge is 0.224 e. The molecule has 1 aromatic carbocycles. The number of benzene rings is 1. The minimum absolute atomic E-state index is 0. The molecule has 3 nitrogen and oxygen atoms in total. The Labute approximate surface area is 142 Å². The van der Waals surface area contributed by atoms with Gasteiger partial charge in [-0.05, 0) is 68.3 Å². The zero-order valence-corrected chi connectivity index (χ0v) is 14.1. The van der Waals surface area contributed by atoms with Crippen molar-refractivity contribution in [2.45, 2.75) is 37.6 Å². The van der Waals surface area contributed by atoms with E-state index in [2.05, 4.69) is 10.6 Å². The second-order valence-electron chi connectivity index (χ2n) is 6.95. The first-order chi connectivity index (χ1) is 10.1. The number of rotatable bonds is 3. The molecular formula is C17H22Cl2N2O. The van der Waals surface area contributed by atoms with Crippen LogP contribution in [0.25, 0.3) is 0 Å². The van der Waals surface area contributed by atoms with Crippen LogP contribution in [0.3, 0.4) is 0 Å². The van der Waals surface area contributed by atoms with Crippen LogP contribution in [0.1, 0.15) is 37.7 Å². The van der Waals surface area contributed by atoms with Gasteiger partial charge in [-0.2, -0.15) is 0 Å². The summed E-state index contributed by atoms with van der Waals surface area (Å²) in [5.74, 6) is 0.508. The van der Waals surface area contributed by atoms with Crippen LogP contribution >= 0.6 is 24.0 Å². The summed E-state index contributed by atoms with van der Waals surface area (Å²) in [6.45, 7) is 2.12. The first-order valence-electron chi connectivity index (χ1n) is 7.92. The molecule has 22 heavy (non-hydrogen) atoms. The summed E-state index contributed by atoms with van der Waals surface area (Å²) in [4.78, 5) is 12.6. The zero-order chi connectivity index (χ0) is 14.5. The maximum Gasteiger partial charge on any atom is 0.224 e. The van der Waals surface area contributed by atoms with Crippen LogP contribution in [0.5, 0.6) is 0 Å². The third-order valence-electron chi connectivity index (χ3n) is 5.61. The molecule has 4 rings (SSSR count). The van der Waals surface area contributed by atoms with Crippen LogP contribution in [0.15, 0.2) is 24.3 Å². The van der Waals surface area contributed by atoms with Gasteiger partial charge in [-0.3, -0.25) is 4.79 Å². The van der Waals surface area contributed by atoms with E-state index in [0.717, 1.165) is 50.2 Å². The van der Waals surface area contributed by atoms with Gasteiger partial charge in [0.2, 0.25) is 5.91 Å². The summed E-state index contributed by atoms with van der Waals surface area (Å²) < 4.78 is 0. The molecule has 5 heteroatoms. The average molecular weight is 341 g/mol. The quantitative estimate of drug-likeness (QED) is 0.886. The maximum absolute atomic E-state index is 12.6. The Morgan fingerprint density at radius 3 is 2.36 bits per heavy atom. The molecule has 0 bridgehead atoms. The van der Waals surface area contributed by atoms with Gasteiger partial charge in [0.25, 0.3) is 0 Å². The SMILES string of the molecule is Cl.O=C(NC1(c2ccc(Cl)cc2)CC1)C1CC12CCNCC2. The van der Waals surface area contributed by atoms with Crippen molar-refractivity contribution >= 4 is 29.9 Å². The van der Waals surface area contributed by atoms with E-state index in [1.54, 1.807) is 0 Å². The second kappa shape index (κ2) is 5.70. The number of hydrogen-bond acceptors (Lipinski definition) is 2. The standard InChI is InChI=1S/C17H21ClN2O.ClH/c18-13-3-1-12(2-4-13)17(5-6-17)20-15(21)14-11-16(14)7-9-19-10-8-16;/h1-4,14,19H,5-11H2,(H,20,21);1H. The fourth-order valence-electron chi connectivity index (χ4n) is 3.90. The van der Waals surface area contributed by atoms with E-state index < -0.39 is 0 Å². The lowest BCUT2D eigenvalue weighted by atomic mass is 9.91. The molecule has 120 valence electrons. The summed E-state index contributed by atoms with van der Waals surface area (Å²) in [7, 11) is 0. The number of halogens is 2. The molecule has 1 amide bonds. The Hall–Kier alpha value is -0.770. The van der Waals surface area contributed by atoms with E-state index in [-0.39, 0.29) is 29.8 Å². The largest absolute Gasteiger partial charge is 0.346 e. The molecular weight excluding hydrogens is 319 g/mol. The van der Waals surface area contributed by atoms with Crippen molar-refractivity contribution in [1.29, 1.82) is 0 Å². The molecule has 3 aliphatic rings. The first kappa shape index (κ1) is 16.1. The van der Waals surface area contributed by atoms with Crippen LogP contribution in [0.2, 0.25) is 5.02 Å². The summed E-state index contributed by atoms with van der Waals surface area (Å²) in [5.41, 5.74) is 1.39. The third-order valence-corrected chi connectivity index (χ3v) is 5.87. The Kier molecular flexibility index (Phi) is 4.17. The van der Waals surface area contributed by atoms with Crippen molar-refractivity contribution in [3.63, 3.8) is 0 Å². The summed E-state index contributed by atoms with van der Waals surface area (Å²) >= 11 is 5.95. The lowest BCUT2D eigenvalue weighted by molar-refractivity contribution is -0.124. The van der Waals surface area contributed by atoms with Crippen LogP contribution in [-0.4, -0.2) is 19.0 Å². The highest BCUT2D eigenvalue weighted by atomic mass is 35.5. The number of nitrogens with one attached hydrogen (secondary N) is 2. The molecule has 2 N–H and O–H groups in total. The molecule has 2 saturated carbocycles. The number of piperidine rings is 1. The Bertz CT molecular complexity index is 563. The Morgan fingerprint density at radius 2 is 1.77 bits per heavy atom. The van der Waals surface area contributed by atoms with Gasteiger partial charge >= 0.3 is 0 Å². The number of carbonyl (C=O) groups excluding carboxylic acids is 1. The minimum Gasteiger partial charge on any atom is -0.346 e. The van der Waals surface area contributed by atoms with Gasteiger partial charge in [0.1, 0.15) is 0 Å². The van der Waals surface area contributed by atoms with E-state index in [9.17, 15) is 4.79 Å². The van der Waals surface area contributed by atoms with Crippen LogP contribution in [-0.2, 0) is 10.3 Å². The van der Waals surface area contributed by atoms with Crippen molar-refractivity contribution < 1.29 is 4.79 Å². The van der Waals surface area contributed by atoms with E-state index >= 15 is 0 Å². The molecule has 0 aromatic heterocycles. The molecule has 0 radical (unpaired) electrons. The Morgan fingerprint density at radius 1 is 1.14 bits per heavy atom. The van der Waals surface area contributed by atoms with Crippen LogP contribution < -0.4 is 10.6 Å².